The van der Waals surface area contributed by atoms with Crippen molar-refractivity contribution in [2.24, 2.45) is 0 Å². The third kappa shape index (κ3) is 4.74. The van der Waals surface area contributed by atoms with Crippen LogP contribution in [0.4, 0.5) is 5.69 Å². The Bertz CT molecular complexity index is 891. The number of rotatable bonds is 5. The van der Waals surface area contributed by atoms with Gasteiger partial charge in [0.2, 0.25) is 5.91 Å². The summed E-state index contributed by atoms with van der Waals surface area (Å²) in [4.78, 5) is 16.3. The molecule has 1 aromatic heterocycles. The van der Waals surface area contributed by atoms with Crippen LogP contribution in [0.1, 0.15) is 11.1 Å². The molecule has 0 aliphatic rings. The van der Waals surface area contributed by atoms with Crippen LogP contribution in [-0.2, 0) is 4.79 Å². The van der Waals surface area contributed by atoms with Crippen LogP contribution in [-0.4, -0.2) is 16.6 Å². The van der Waals surface area contributed by atoms with Gasteiger partial charge in [0.25, 0.3) is 5.22 Å². The number of carbonyl (C=O) groups excluding carboxylic acids is 1. The molecule has 1 N–H and O–H groups in total. The van der Waals surface area contributed by atoms with E-state index in [2.05, 4.69) is 52.2 Å². The number of aromatic nitrogens is 1. The fourth-order valence-corrected chi connectivity index (χ4v) is 3.08. The Labute approximate surface area is 159 Å². The van der Waals surface area contributed by atoms with Crippen LogP contribution in [0, 0.1) is 13.8 Å². The summed E-state index contributed by atoms with van der Waals surface area (Å²) in [5.74, 6) is 0.848. The molecule has 0 aliphatic carbocycles. The molecular formula is C19H17BrN2O2S. The van der Waals surface area contributed by atoms with Gasteiger partial charge in [0, 0.05) is 15.7 Å². The van der Waals surface area contributed by atoms with E-state index < -0.39 is 0 Å². The highest BCUT2D eigenvalue weighted by Crippen LogP contribution is 2.27. The average molecular weight is 417 g/mol. The fraction of sp³-hybridized carbons (Fsp3) is 0.158. The van der Waals surface area contributed by atoms with Crippen LogP contribution in [0.5, 0.6) is 0 Å². The van der Waals surface area contributed by atoms with Crippen molar-refractivity contribution in [1.29, 1.82) is 0 Å². The number of aryl methyl sites for hydroxylation is 2. The molecule has 0 fully saturated rings. The summed E-state index contributed by atoms with van der Waals surface area (Å²) in [7, 11) is 0. The zero-order chi connectivity index (χ0) is 17.8. The lowest BCUT2D eigenvalue weighted by atomic mass is 10.1. The molecule has 0 saturated carbocycles. The zero-order valence-electron chi connectivity index (χ0n) is 13.9. The Kier molecular flexibility index (Phi) is 5.60. The largest absolute Gasteiger partial charge is 0.431 e. The van der Waals surface area contributed by atoms with Crippen molar-refractivity contribution in [3.63, 3.8) is 0 Å². The maximum Gasteiger partial charge on any atom is 0.256 e. The lowest BCUT2D eigenvalue weighted by Crippen LogP contribution is -2.13. The normalized spacial score (nSPS) is 10.7. The standard InChI is InChI=1S/C19H17BrN2O2S/c1-12-3-4-14(9-13(12)2)17-10-21-19(24-17)25-11-18(23)22-16-7-5-15(20)6-8-16/h3-10H,11H2,1-2H3,(H,22,23). The molecule has 4 nitrogen and oxygen atoms in total. The molecule has 0 radical (unpaired) electrons. The van der Waals surface area contributed by atoms with Gasteiger partial charge in [0.05, 0.1) is 11.9 Å². The first-order valence-corrected chi connectivity index (χ1v) is 9.51. The Balaban J connectivity index is 1.58. The summed E-state index contributed by atoms with van der Waals surface area (Å²) in [5.41, 5.74) is 4.19. The number of halogens is 1. The molecule has 128 valence electrons. The Morgan fingerprint density at radius 1 is 1.16 bits per heavy atom. The number of anilines is 1. The zero-order valence-corrected chi connectivity index (χ0v) is 16.3. The highest BCUT2D eigenvalue weighted by atomic mass is 79.9. The van der Waals surface area contributed by atoms with Crippen LogP contribution >= 0.6 is 27.7 Å². The van der Waals surface area contributed by atoms with Gasteiger partial charge in [-0.2, -0.15) is 0 Å². The van der Waals surface area contributed by atoms with Gasteiger partial charge in [-0.05, 0) is 55.3 Å². The number of nitrogens with zero attached hydrogens (tertiary/aromatic N) is 1. The molecule has 0 bridgehead atoms. The Hall–Kier alpha value is -2.05. The van der Waals surface area contributed by atoms with E-state index in [1.165, 1.54) is 22.9 Å². The molecule has 0 spiro atoms. The molecule has 0 saturated heterocycles. The smallest absolute Gasteiger partial charge is 0.256 e. The molecule has 25 heavy (non-hydrogen) atoms. The van der Waals surface area contributed by atoms with Crippen molar-refractivity contribution in [2.75, 3.05) is 11.1 Å². The quantitative estimate of drug-likeness (QED) is 0.561. The van der Waals surface area contributed by atoms with Crippen molar-refractivity contribution in [1.82, 2.24) is 4.98 Å². The lowest BCUT2D eigenvalue weighted by molar-refractivity contribution is -0.113. The van der Waals surface area contributed by atoms with Gasteiger partial charge in [-0.25, -0.2) is 4.98 Å². The van der Waals surface area contributed by atoms with Crippen molar-refractivity contribution >= 4 is 39.3 Å². The predicted octanol–water partition coefficient (Wildman–Crippen LogP) is 5.45. The van der Waals surface area contributed by atoms with Gasteiger partial charge < -0.3 is 9.73 Å². The third-order valence-electron chi connectivity index (χ3n) is 3.73. The lowest BCUT2D eigenvalue weighted by Gasteiger charge is -2.04. The van der Waals surface area contributed by atoms with Crippen LogP contribution < -0.4 is 5.32 Å². The molecule has 0 atom stereocenters. The highest BCUT2D eigenvalue weighted by Gasteiger charge is 2.10. The van der Waals surface area contributed by atoms with Gasteiger partial charge in [0.15, 0.2) is 5.76 Å². The molecule has 3 rings (SSSR count). The summed E-state index contributed by atoms with van der Waals surface area (Å²) in [5, 5.41) is 3.33. The van der Waals surface area contributed by atoms with Crippen molar-refractivity contribution < 1.29 is 9.21 Å². The molecule has 3 aromatic rings. The number of amides is 1. The van der Waals surface area contributed by atoms with Gasteiger partial charge in [-0.1, -0.05) is 39.8 Å². The predicted molar refractivity (Wildman–Crippen MR) is 105 cm³/mol. The van der Waals surface area contributed by atoms with Crippen molar-refractivity contribution in [3.05, 3.63) is 64.3 Å². The minimum atomic E-state index is -0.0988. The van der Waals surface area contributed by atoms with Gasteiger partial charge in [-0.3, -0.25) is 4.79 Å². The minimum Gasteiger partial charge on any atom is -0.431 e. The molecule has 1 amide bonds. The first-order valence-electron chi connectivity index (χ1n) is 7.73. The number of oxazole rings is 1. The molecule has 6 heteroatoms. The summed E-state index contributed by atoms with van der Waals surface area (Å²) in [6, 6.07) is 13.6. The number of hydrogen-bond donors (Lipinski definition) is 1. The van der Waals surface area contributed by atoms with E-state index in [9.17, 15) is 4.79 Å². The highest BCUT2D eigenvalue weighted by molar-refractivity contribution is 9.10. The van der Waals surface area contributed by atoms with E-state index >= 15 is 0 Å². The topological polar surface area (TPSA) is 55.1 Å². The van der Waals surface area contributed by atoms with Gasteiger partial charge in [-0.15, -0.1) is 0 Å². The maximum absolute atomic E-state index is 12.0. The van der Waals surface area contributed by atoms with E-state index in [-0.39, 0.29) is 11.7 Å². The van der Waals surface area contributed by atoms with Crippen molar-refractivity contribution in [3.8, 4) is 11.3 Å². The van der Waals surface area contributed by atoms with E-state index in [0.29, 0.717) is 11.0 Å². The van der Waals surface area contributed by atoms with Crippen LogP contribution in [0.3, 0.4) is 0 Å². The number of carbonyl (C=O) groups is 1. The summed E-state index contributed by atoms with van der Waals surface area (Å²) < 4.78 is 6.72. The van der Waals surface area contributed by atoms with E-state index in [1.807, 2.05) is 30.3 Å². The average Bonchev–Trinajstić information content (AvgIpc) is 3.07. The minimum absolute atomic E-state index is 0.0988. The SMILES string of the molecule is Cc1ccc(-c2cnc(SCC(=O)Nc3ccc(Br)cc3)o2)cc1C. The van der Waals surface area contributed by atoms with E-state index in [4.69, 9.17) is 4.42 Å². The summed E-state index contributed by atoms with van der Waals surface area (Å²) >= 11 is 4.64. The summed E-state index contributed by atoms with van der Waals surface area (Å²) in [6.45, 7) is 4.14. The molecule has 0 aliphatic heterocycles. The van der Waals surface area contributed by atoms with Crippen LogP contribution in [0.15, 0.2) is 62.8 Å². The van der Waals surface area contributed by atoms with Crippen molar-refractivity contribution in [2.45, 2.75) is 19.1 Å². The molecule has 0 unspecified atom stereocenters. The van der Waals surface area contributed by atoms with E-state index in [0.717, 1.165) is 15.7 Å². The second kappa shape index (κ2) is 7.89. The fourth-order valence-electron chi connectivity index (χ4n) is 2.21. The van der Waals surface area contributed by atoms with Gasteiger partial charge in [0.1, 0.15) is 0 Å². The number of nitrogens with one attached hydrogen (secondary N) is 1. The van der Waals surface area contributed by atoms with Crippen LogP contribution in [0.2, 0.25) is 0 Å². The molecule has 2 aromatic carbocycles. The molecule has 1 heterocycles. The second-order valence-corrected chi connectivity index (χ2v) is 7.48. The maximum atomic E-state index is 12.0. The number of benzene rings is 2. The third-order valence-corrected chi connectivity index (χ3v) is 5.10. The number of thioether (sulfide) groups is 1. The first-order chi connectivity index (χ1) is 12.0. The Morgan fingerprint density at radius 3 is 2.64 bits per heavy atom. The monoisotopic (exact) mass is 416 g/mol. The number of hydrogen-bond acceptors (Lipinski definition) is 4. The second-order valence-electron chi connectivity index (χ2n) is 5.63. The molecular weight excluding hydrogens is 400 g/mol. The van der Waals surface area contributed by atoms with Gasteiger partial charge >= 0.3 is 0 Å². The summed E-state index contributed by atoms with van der Waals surface area (Å²) in [6.07, 6.45) is 1.69. The first kappa shape index (κ1) is 17.8. The Morgan fingerprint density at radius 2 is 1.92 bits per heavy atom. The van der Waals surface area contributed by atoms with E-state index in [1.54, 1.807) is 6.20 Å². The van der Waals surface area contributed by atoms with Crippen LogP contribution in [0.25, 0.3) is 11.3 Å².